The van der Waals surface area contributed by atoms with Crippen molar-refractivity contribution in [2.45, 2.75) is 26.7 Å². The average molecular weight is 250 g/mol. The van der Waals surface area contributed by atoms with Crippen LogP contribution < -0.4 is 0 Å². The average Bonchev–Trinajstić information content (AvgIpc) is 2.68. The first-order valence-electron chi connectivity index (χ1n) is 5.67. The van der Waals surface area contributed by atoms with E-state index in [1.807, 2.05) is 19.3 Å². The van der Waals surface area contributed by atoms with Gasteiger partial charge >= 0.3 is 0 Å². The van der Waals surface area contributed by atoms with Crippen LogP contribution in [0.5, 0.6) is 0 Å². The van der Waals surface area contributed by atoms with Crippen LogP contribution in [0, 0.1) is 13.8 Å². The molecule has 0 atom stereocenters. The second-order valence-electron chi connectivity index (χ2n) is 4.41. The Morgan fingerprint density at radius 1 is 1.18 bits per heavy atom. The molecule has 2 aromatic rings. The van der Waals surface area contributed by atoms with Gasteiger partial charge in [-0.1, -0.05) is 22.9 Å². The molecule has 1 heterocycles. The lowest BCUT2D eigenvalue weighted by Crippen LogP contribution is -1.95. The van der Waals surface area contributed by atoms with Gasteiger partial charge in [0.15, 0.2) is 0 Å². The molecule has 1 aromatic carbocycles. The maximum atomic E-state index is 6.23. The zero-order valence-electron chi connectivity index (χ0n) is 10.4. The summed E-state index contributed by atoms with van der Waals surface area (Å²) >= 11 is 6.23. The lowest BCUT2D eigenvalue weighted by Gasteiger charge is -2.07. The molecule has 0 unspecified atom stereocenters. The minimum atomic E-state index is 0.844. The van der Waals surface area contributed by atoms with E-state index in [9.17, 15) is 0 Å². The Kier molecular flexibility index (Phi) is 3.48. The van der Waals surface area contributed by atoms with Gasteiger partial charge in [-0.2, -0.15) is 0 Å². The van der Waals surface area contributed by atoms with Crippen molar-refractivity contribution in [3.8, 4) is 0 Å². The SMILES string of the molecule is Cc1cc(Cl)c(CCc2cn(C)nn2)cc1C. The van der Waals surface area contributed by atoms with E-state index in [-0.39, 0.29) is 0 Å². The number of halogens is 1. The third-order valence-electron chi connectivity index (χ3n) is 2.96. The normalized spacial score (nSPS) is 10.8. The number of benzene rings is 1. The van der Waals surface area contributed by atoms with E-state index < -0.39 is 0 Å². The first kappa shape index (κ1) is 12.1. The molecule has 0 bridgehead atoms. The Balaban J connectivity index is 2.11. The fourth-order valence-electron chi connectivity index (χ4n) is 1.80. The van der Waals surface area contributed by atoms with Gasteiger partial charge in [-0.25, -0.2) is 0 Å². The summed E-state index contributed by atoms with van der Waals surface area (Å²) in [7, 11) is 1.87. The number of aromatic nitrogens is 3. The zero-order valence-corrected chi connectivity index (χ0v) is 11.1. The number of aryl methyl sites for hydroxylation is 5. The molecule has 0 N–H and O–H groups in total. The highest BCUT2D eigenvalue weighted by atomic mass is 35.5. The van der Waals surface area contributed by atoms with Crippen molar-refractivity contribution in [3.63, 3.8) is 0 Å². The van der Waals surface area contributed by atoms with Crippen molar-refractivity contribution in [1.82, 2.24) is 15.0 Å². The summed E-state index contributed by atoms with van der Waals surface area (Å²) < 4.78 is 1.72. The molecule has 3 nitrogen and oxygen atoms in total. The maximum absolute atomic E-state index is 6.23. The molecule has 0 radical (unpaired) electrons. The van der Waals surface area contributed by atoms with E-state index in [4.69, 9.17) is 11.6 Å². The molecule has 0 aliphatic carbocycles. The number of hydrogen-bond acceptors (Lipinski definition) is 2. The molecule has 17 heavy (non-hydrogen) atoms. The summed E-state index contributed by atoms with van der Waals surface area (Å²) in [5.41, 5.74) is 4.70. The standard InChI is InChI=1S/C13H16ClN3/c1-9-6-11(13(14)7-10(9)2)4-5-12-8-17(3)16-15-12/h6-8H,4-5H2,1-3H3. The highest BCUT2D eigenvalue weighted by Crippen LogP contribution is 2.22. The van der Waals surface area contributed by atoms with Gasteiger partial charge in [-0.05, 0) is 49.4 Å². The highest BCUT2D eigenvalue weighted by Gasteiger charge is 2.05. The lowest BCUT2D eigenvalue weighted by molar-refractivity contribution is 0.713. The highest BCUT2D eigenvalue weighted by molar-refractivity contribution is 6.31. The van der Waals surface area contributed by atoms with Crippen LogP contribution in [0.25, 0.3) is 0 Å². The smallest absolute Gasteiger partial charge is 0.0830 e. The lowest BCUT2D eigenvalue weighted by atomic mass is 10.0. The van der Waals surface area contributed by atoms with Gasteiger partial charge in [-0.15, -0.1) is 5.10 Å². The quantitative estimate of drug-likeness (QED) is 0.838. The summed E-state index contributed by atoms with van der Waals surface area (Å²) in [6.07, 6.45) is 3.71. The molecule has 4 heteroatoms. The van der Waals surface area contributed by atoms with Gasteiger partial charge in [0.05, 0.1) is 5.69 Å². The van der Waals surface area contributed by atoms with Crippen molar-refractivity contribution in [3.05, 3.63) is 45.7 Å². The van der Waals surface area contributed by atoms with Crippen LogP contribution in [-0.4, -0.2) is 15.0 Å². The van der Waals surface area contributed by atoms with Crippen LogP contribution >= 0.6 is 11.6 Å². The Bertz CT molecular complexity index is 531. The minimum absolute atomic E-state index is 0.844. The number of nitrogens with zero attached hydrogens (tertiary/aromatic N) is 3. The Hall–Kier alpha value is -1.35. The molecule has 0 aliphatic heterocycles. The largest absolute Gasteiger partial charge is 0.255 e. The molecule has 0 fully saturated rings. The first-order chi connectivity index (χ1) is 8.06. The number of hydrogen-bond donors (Lipinski definition) is 0. The minimum Gasteiger partial charge on any atom is -0.255 e. The molecule has 0 saturated heterocycles. The van der Waals surface area contributed by atoms with Crippen LogP contribution in [-0.2, 0) is 19.9 Å². The van der Waals surface area contributed by atoms with Crippen LogP contribution in [0.4, 0.5) is 0 Å². The van der Waals surface area contributed by atoms with E-state index >= 15 is 0 Å². The molecule has 1 aromatic heterocycles. The van der Waals surface area contributed by atoms with Crippen LogP contribution in [0.3, 0.4) is 0 Å². The van der Waals surface area contributed by atoms with Crippen molar-refractivity contribution < 1.29 is 0 Å². The van der Waals surface area contributed by atoms with E-state index in [2.05, 4.69) is 30.2 Å². The van der Waals surface area contributed by atoms with E-state index in [1.165, 1.54) is 16.7 Å². The van der Waals surface area contributed by atoms with Gasteiger partial charge in [0, 0.05) is 18.3 Å². The third kappa shape index (κ3) is 2.86. The maximum Gasteiger partial charge on any atom is 0.0830 e. The van der Waals surface area contributed by atoms with Crippen LogP contribution in [0.15, 0.2) is 18.3 Å². The monoisotopic (exact) mass is 249 g/mol. The Morgan fingerprint density at radius 3 is 2.53 bits per heavy atom. The summed E-state index contributed by atoms with van der Waals surface area (Å²) in [6, 6.07) is 4.19. The second-order valence-corrected chi connectivity index (χ2v) is 4.82. The topological polar surface area (TPSA) is 30.7 Å². The summed E-state index contributed by atoms with van der Waals surface area (Å²) in [6.45, 7) is 4.19. The molecule has 90 valence electrons. The molecular weight excluding hydrogens is 234 g/mol. The van der Waals surface area contributed by atoms with Gasteiger partial charge in [0.2, 0.25) is 0 Å². The molecule has 0 amide bonds. The fourth-order valence-corrected chi connectivity index (χ4v) is 2.12. The summed E-state index contributed by atoms with van der Waals surface area (Å²) in [5, 5.41) is 8.83. The molecule has 0 spiro atoms. The summed E-state index contributed by atoms with van der Waals surface area (Å²) in [5.74, 6) is 0. The van der Waals surface area contributed by atoms with E-state index in [0.29, 0.717) is 0 Å². The van der Waals surface area contributed by atoms with Gasteiger partial charge in [0.1, 0.15) is 0 Å². The molecule has 0 aliphatic rings. The van der Waals surface area contributed by atoms with Gasteiger partial charge < -0.3 is 0 Å². The van der Waals surface area contributed by atoms with Gasteiger partial charge in [-0.3, -0.25) is 4.68 Å². The molecule has 2 rings (SSSR count). The third-order valence-corrected chi connectivity index (χ3v) is 3.32. The zero-order chi connectivity index (χ0) is 12.4. The van der Waals surface area contributed by atoms with E-state index in [1.54, 1.807) is 4.68 Å². The van der Waals surface area contributed by atoms with E-state index in [0.717, 1.165) is 23.6 Å². The van der Waals surface area contributed by atoms with Crippen LogP contribution in [0.2, 0.25) is 5.02 Å². The van der Waals surface area contributed by atoms with Crippen molar-refractivity contribution in [2.75, 3.05) is 0 Å². The molecule has 0 saturated carbocycles. The van der Waals surface area contributed by atoms with Crippen molar-refractivity contribution in [1.29, 1.82) is 0 Å². The second kappa shape index (κ2) is 4.88. The Morgan fingerprint density at radius 2 is 1.88 bits per heavy atom. The molecular formula is C13H16ClN3. The Labute approximate surface area is 106 Å². The summed E-state index contributed by atoms with van der Waals surface area (Å²) in [4.78, 5) is 0. The van der Waals surface area contributed by atoms with Crippen molar-refractivity contribution in [2.24, 2.45) is 7.05 Å². The first-order valence-corrected chi connectivity index (χ1v) is 6.05. The predicted octanol–water partition coefficient (Wildman–Crippen LogP) is 2.87. The van der Waals surface area contributed by atoms with Gasteiger partial charge in [0.25, 0.3) is 0 Å². The fraction of sp³-hybridized carbons (Fsp3) is 0.385. The van der Waals surface area contributed by atoms with Crippen molar-refractivity contribution >= 4 is 11.6 Å². The predicted molar refractivity (Wildman–Crippen MR) is 69.3 cm³/mol. The number of rotatable bonds is 3. The van der Waals surface area contributed by atoms with Crippen LogP contribution in [0.1, 0.15) is 22.4 Å².